The second kappa shape index (κ2) is 9.31. The Hall–Kier alpha value is -2.53. The van der Waals surface area contributed by atoms with E-state index >= 15 is 0 Å². The second-order valence-corrected chi connectivity index (χ2v) is 10.3. The van der Waals surface area contributed by atoms with Crippen molar-refractivity contribution in [3.05, 3.63) is 64.7 Å². The highest BCUT2D eigenvalue weighted by Crippen LogP contribution is 2.27. The lowest BCUT2D eigenvalue weighted by molar-refractivity contribution is 0.102. The number of nitrogens with one attached hydrogen (secondary N) is 2. The van der Waals surface area contributed by atoms with E-state index in [2.05, 4.69) is 37.3 Å². The number of carbonyl (C=O) groups is 1. The Morgan fingerprint density at radius 3 is 2.71 bits per heavy atom. The maximum Gasteiger partial charge on any atom is 0.269 e. The monoisotopic (exact) mass is 477 g/mol. The van der Waals surface area contributed by atoms with Gasteiger partial charge in [-0.3, -0.25) is 10.1 Å². The molecule has 1 aliphatic heterocycles. The Morgan fingerprint density at radius 1 is 1.13 bits per heavy atom. The number of fused-ring (bicyclic) bond motifs is 1. The fraction of sp³-hybridized carbons (Fsp3) is 0.250. The molecule has 1 amide bonds. The smallest absolute Gasteiger partial charge is 0.269 e. The van der Waals surface area contributed by atoms with Crippen LogP contribution in [-0.4, -0.2) is 44.2 Å². The van der Waals surface area contributed by atoms with Gasteiger partial charge in [-0.15, -0.1) is 10.2 Å². The summed E-state index contributed by atoms with van der Waals surface area (Å²) in [6.45, 7) is 1.99. The molecule has 1 aliphatic rings. The number of aromatic nitrogens is 2. The summed E-state index contributed by atoms with van der Waals surface area (Å²) >= 11 is 6.61. The van der Waals surface area contributed by atoms with Crippen molar-refractivity contribution in [2.75, 3.05) is 29.9 Å². The van der Waals surface area contributed by atoms with Gasteiger partial charge in [-0.2, -0.15) is 0 Å². The molecule has 0 spiro atoms. The Kier molecular flexibility index (Phi) is 6.51. The number of amides is 1. The van der Waals surface area contributed by atoms with Crippen LogP contribution in [-0.2, 0) is 16.4 Å². The lowest BCUT2D eigenvalue weighted by atomic mass is 10.2. The average molecular weight is 478 g/mol. The molecule has 0 bridgehead atoms. The predicted molar refractivity (Wildman–Crippen MR) is 121 cm³/mol. The van der Waals surface area contributed by atoms with Crippen LogP contribution in [0, 0.1) is 0 Å². The first-order chi connectivity index (χ1) is 14.9. The van der Waals surface area contributed by atoms with Gasteiger partial charge in [0, 0.05) is 35.9 Å². The van der Waals surface area contributed by atoms with Crippen molar-refractivity contribution < 1.29 is 13.2 Å². The normalized spacial score (nSPS) is 13.3. The van der Waals surface area contributed by atoms with E-state index in [-0.39, 0.29) is 16.0 Å². The van der Waals surface area contributed by atoms with Crippen molar-refractivity contribution in [2.24, 2.45) is 0 Å². The quantitative estimate of drug-likeness (QED) is 0.381. The average Bonchev–Trinajstić information content (AvgIpc) is 3.39. The van der Waals surface area contributed by atoms with Gasteiger partial charge in [-0.1, -0.05) is 41.1 Å². The highest BCUT2D eigenvalue weighted by atomic mass is 35.5. The minimum Gasteiger partial charge on any atom is -0.371 e. The van der Waals surface area contributed by atoms with E-state index < -0.39 is 15.9 Å². The molecule has 2 N–H and O–H groups in total. The fourth-order valence-corrected chi connectivity index (χ4v) is 5.45. The number of hydrogen-bond acceptors (Lipinski definition) is 7. The number of benzene rings is 2. The van der Waals surface area contributed by atoms with E-state index in [1.807, 2.05) is 12.1 Å². The van der Waals surface area contributed by atoms with Gasteiger partial charge >= 0.3 is 0 Å². The zero-order valence-corrected chi connectivity index (χ0v) is 18.8. The Bertz CT molecular complexity index is 1180. The molecule has 31 heavy (non-hydrogen) atoms. The van der Waals surface area contributed by atoms with Gasteiger partial charge in [0.25, 0.3) is 15.9 Å². The van der Waals surface area contributed by atoms with Gasteiger partial charge < -0.3 is 4.90 Å². The first-order valence-electron chi connectivity index (χ1n) is 9.65. The SMILES string of the molecule is O=C(Nc1nnc(S(=O)(=O)NCCCN2CCc3ccccc32)s1)c1ccc(Cl)cc1. The third-order valence-corrected chi connectivity index (χ3v) is 7.76. The summed E-state index contributed by atoms with van der Waals surface area (Å²) in [4.78, 5) is 14.5. The van der Waals surface area contributed by atoms with Gasteiger partial charge in [0.05, 0.1) is 0 Å². The van der Waals surface area contributed by atoms with Crippen molar-refractivity contribution in [3.63, 3.8) is 0 Å². The summed E-state index contributed by atoms with van der Waals surface area (Å²) in [5.74, 6) is -0.421. The molecule has 2 aromatic carbocycles. The lowest BCUT2D eigenvalue weighted by Gasteiger charge is -2.19. The molecule has 4 rings (SSSR count). The van der Waals surface area contributed by atoms with Crippen molar-refractivity contribution in [2.45, 2.75) is 17.2 Å². The van der Waals surface area contributed by atoms with E-state index in [0.29, 0.717) is 17.0 Å². The Labute approximate surface area is 189 Å². The maximum absolute atomic E-state index is 12.5. The second-order valence-electron chi connectivity index (χ2n) is 6.95. The summed E-state index contributed by atoms with van der Waals surface area (Å²) in [5, 5.41) is 10.6. The summed E-state index contributed by atoms with van der Waals surface area (Å²) in [7, 11) is -3.79. The minimum atomic E-state index is -3.79. The third kappa shape index (κ3) is 5.21. The molecular formula is C20H20ClN5O3S2. The first kappa shape index (κ1) is 21.7. The van der Waals surface area contributed by atoms with E-state index in [1.54, 1.807) is 24.3 Å². The van der Waals surface area contributed by atoms with E-state index in [4.69, 9.17) is 11.6 Å². The summed E-state index contributed by atoms with van der Waals surface area (Å²) in [5.41, 5.74) is 2.92. The van der Waals surface area contributed by atoms with Crippen LogP contribution in [0.5, 0.6) is 0 Å². The predicted octanol–water partition coefficient (Wildman–Crippen LogP) is 3.17. The van der Waals surface area contributed by atoms with Crippen molar-refractivity contribution in [3.8, 4) is 0 Å². The lowest BCUT2D eigenvalue weighted by Crippen LogP contribution is -2.29. The first-order valence-corrected chi connectivity index (χ1v) is 12.3. The molecule has 162 valence electrons. The number of anilines is 2. The maximum atomic E-state index is 12.5. The highest BCUT2D eigenvalue weighted by Gasteiger charge is 2.22. The van der Waals surface area contributed by atoms with E-state index in [9.17, 15) is 13.2 Å². The molecule has 0 saturated carbocycles. The van der Waals surface area contributed by atoms with Crippen LogP contribution in [0.3, 0.4) is 0 Å². The Morgan fingerprint density at radius 2 is 1.90 bits per heavy atom. The van der Waals surface area contributed by atoms with Crippen LogP contribution in [0.1, 0.15) is 22.3 Å². The van der Waals surface area contributed by atoms with Gasteiger partial charge in [0.15, 0.2) is 0 Å². The van der Waals surface area contributed by atoms with Gasteiger partial charge in [0.2, 0.25) is 9.47 Å². The summed E-state index contributed by atoms with van der Waals surface area (Å²) in [6.07, 6.45) is 1.67. The van der Waals surface area contributed by atoms with Crippen molar-refractivity contribution >= 4 is 49.7 Å². The van der Waals surface area contributed by atoms with Crippen molar-refractivity contribution in [1.82, 2.24) is 14.9 Å². The molecule has 0 unspecified atom stereocenters. The number of rotatable bonds is 8. The highest BCUT2D eigenvalue weighted by molar-refractivity contribution is 7.91. The van der Waals surface area contributed by atoms with Crippen LogP contribution in [0.15, 0.2) is 52.9 Å². The van der Waals surface area contributed by atoms with Gasteiger partial charge in [-0.25, -0.2) is 13.1 Å². The zero-order chi connectivity index (χ0) is 21.8. The molecule has 0 fully saturated rings. The number of hydrogen-bond donors (Lipinski definition) is 2. The van der Waals surface area contributed by atoms with Crippen LogP contribution in [0.25, 0.3) is 0 Å². The van der Waals surface area contributed by atoms with Crippen molar-refractivity contribution in [1.29, 1.82) is 0 Å². The molecule has 0 radical (unpaired) electrons. The molecule has 0 aliphatic carbocycles. The van der Waals surface area contributed by atoms with Crippen LogP contribution >= 0.6 is 22.9 Å². The molecule has 8 nitrogen and oxygen atoms in total. The number of carbonyl (C=O) groups excluding carboxylic acids is 1. The molecular weight excluding hydrogens is 458 g/mol. The standard InChI is InChI=1S/C20H20ClN5O3S2/c21-16-8-6-15(7-9-16)18(27)23-19-24-25-20(30-19)31(28,29)22-11-3-12-26-13-10-14-4-1-2-5-17(14)26/h1-2,4-9,22H,3,10-13H2,(H,23,24,27). The number of para-hydroxylation sites is 1. The molecule has 11 heteroatoms. The largest absolute Gasteiger partial charge is 0.371 e. The van der Waals surface area contributed by atoms with Crippen LogP contribution in [0.4, 0.5) is 10.8 Å². The number of sulfonamides is 1. The Balaban J connectivity index is 1.29. The molecule has 3 aromatic rings. The van der Waals surface area contributed by atoms with E-state index in [0.717, 1.165) is 30.8 Å². The number of nitrogens with zero attached hydrogens (tertiary/aromatic N) is 3. The fourth-order valence-electron chi connectivity index (χ4n) is 3.32. The van der Waals surface area contributed by atoms with Crippen LogP contribution < -0.4 is 14.9 Å². The zero-order valence-electron chi connectivity index (χ0n) is 16.4. The van der Waals surface area contributed by atoms with Gasteiger partial charge in [-0.05, 0) is 48.7 Å². The molecule has 1 aromatic heterocycles. The third-order valence-electron chi connectivity index (χ3n) is 4.84. The number of halogens is 1. The summed E-state index contributed by atoms with van der Waals surface area (Å²) in [6, 6.07) is 14.6. The molecule has 0 atom stereocenters. The topological polar surface area (TPSA) is 104 Å². The van der Waals surface area contributed by atoms with E-state index in [1.165, 1.54) is 11.3 Å². The molecule has 2 heterocycles. The minimum absolute atomic E-state index is 0.106. The van der Waals surface area contributed by atoms with Gasteiger partial charge in [0.1, 0.15) is 0 Å². The molecule has 0 saturated heterocycles. The summed E-state index contributed by atoms with van der Waals surface area (Å²) < 4.78 is 27.3. The van der Waals surface area contributed by atoms with Crippen LogP contribution in [0.2, 0.25) is 5.02 Å².